The van der Waals surface area contributed by atoms with Crippen LogP contribution in [0, 0.1) is 18.3 Å². The van der Waals surface area contributed by atoms with Gasteiger partial charge in [-0.1, -0.05) is 12.1 Å². The fraction of sp³-hybridized carbons (Fsp3) is 0.125. The number of rotatable bonds is 3. The van der Waals surface area contributed by atoms with Gasteiger partial charge in [-0.2, -0.15) is 5.26 Å². The number of hydrogen-bond acceptors (Lipinski definition) is 4. The second kappa shape index (κ2) is 5.06. The van der Waals surface area contributed by atoms with Crippen molar-refractivity contribution < 1.29 is 9.15 Å². The highest BCUT2D eigenvalue weighted by Gasteiger charge is 2.15. The minimum Gasteiger partial charge on any atom is -0.483 e. The minimum atomic E-state index is 0.201. The number of furan rings is 1. The van der Waals surface area contributed by atoms with Crippen molar-refractivity contribution in [1.29, 1.82) is 5.26 Å². The van der Waals surface area contributed by atoms with Gasteiger partial charge in [0.2, 0.25) is 5.76 Å². The summed E-state index contributed by atoms with van der Waals surface area (Å²) in [6.07, 6.45) is 3.54. The van der Waals surface area contributed by atoms with E-state index in [1.165, 1.54) is 0 Å². The first-order chi connectivity index (χ1) is 9.78. The zero-order valence-electron chi connectivity index (χ0n) is 11.0. The topological polar surface area (TPSA) is 59.0 Å². The lowest BCUT2D eigenvalue weighted by Gasteiger charge is -2.05. The fourth-order valence-corrected chi connectivity index (χ4v) is 2.09. The maximum Gasteiger partial charge on any atom is 0.246 e. The van der Waals surface area contributed by atoms with Crippen molar-refractivity contribution in [2.24, 2.45) is 0 Å². The van der Waals surface area contributed by atoms with E-state index in [4.69, 9.17) is 14.4 Å². The maximum atomic E-state index is 9.12. The number of nitrogens with zero attached hydrogens (tertiary/aromatic N) is 2. The predicted octanol–water partition coefficient (Wildman–Crippen LogP) is 3.59. The molecule has 20 heavy (non-hydrogen) atoms. The molecule has 0 radical (unpaired) electrons. The van der Waals surface area contributed by atoms with Gasteiger partial charge in [-0.05, 0) is 30.7 Å². The molecule has 0 bridgehead atoms. The van der Waals surface area contributed by atoms with Crippen molar-refractivity contribution in [3.63, 3.8) is 0 Å². The number of hydrogen-bond donors (Lipinski definition) is 0. The molecule has 2 aromatic heterocycles. The Balaban J connectivity index is 1.93. The maximum absolute atomic E-state index is 9.12. The van der Waals surface area contributed by atoms with Gasteiger partial charge in [0.25, 0.3) is 0 Å². The molecule has 3 rings (SSSR count). The number of nitriles is 1. The molecule has 1 aromatic carbocycles. The Morgan fingerprint density at radius 3 is 2.95 bits per heavy atom. The predicted molar refractivity (Wildman–Crippen MR) is 74.2 cm³/mol. The molecule has 0 aliphatic carbocycles. The second-order valence-corrected chi connectivity index (χ2v) is 4.53. The number of para-hydroxylation sites is 1. The van der Waals surface area contributed by atoms with E-state index in [1.807, 2.05) is 43.3 Å². The van der Waals surface area contributed by atoms with Gasteiger partial charge >= 0.3 is 0 Å². The molecule has 0 aliphatic heterocycles. The molecular formula is C16H12N2O2. The molecule has 0 N–H and O–H groups in total. The Hall–Kier alpha value is -2.80. The molecule has 0 unspecified atom stereocenters. The quantitative estimate of drug-likeness (QED) is 0.725. The zero-order valence-corrected chi connectivity index (χ0v) is 11.0. The Kier molecular flexibility index (Phi) is 3.10. The summed E-state index contributed by atoms with van der Waals surface area (Å²) in [6, 6.07) is 11.5. The van der Waals surface area contributed by atoms with E-state index in [9.17, 15) is 0 Å². The smallest absolute Gasteiger partial charge is 0.246 e. The van der Waals surface area contributed by atoms with Gasteiger partial charge in [-0.3, -0.25) is 4.98 Å². The molecule has 0 amide bonds. The third kappa shape index (κ3) is 2.21. The van der Waals surface area contributed by atoms with Crippen molar-refractivity contribution in [1.82, 2.24) is 4.98 Å². The lowest BCUT2D eigenvalue weighted by Crippen LogP contribution is -1.97. The largest absolute Gasteiger partial charge is 0.483 e. The summed E-state index contributed by atoms with van der Waals surface area (Å²) < 4.78 is 11.2. The van der Waals surface area contributed by atoms with E-state index in [1.54, 1.807) is 12.4 Å². The molecule has 0 saturated carbocycles. The Labute approximate surface area is 116 Å². The van der Waals surface area contributed by atoms with E-state index in [0.29, 0.717) is 17.9 Å². The van der Waals surface area contributed by atoms with E-state index < -0.39 is 0 Å². The number of aromatic nitrogens is 1. The molecule has 0 saturated heterocycles. The first-order valence-electron chi connectivity index (χ1n) is 6.23. The summed E-state index contributed by atoms with van der Waals surface area (Å²) in [5.41, 5.74) is 2.68. The van der Waals surface area contributed by atoms with Crippen LogP contribution in [0.3, 0.4) is 0 Å². The van der Waals surface area contributed by atoms with Gasteiger partial charge in [-0.25, -0.2) is 0 Å². The molecule has 0 atom stereocenters. The molecule has 0 aliphatic rings. The SMILES string of the molecule is Cc1cncc(COc2c(C#N)oc3ccccc23)c1. The molecule has 3 aromatic rings. The van der Waals surface area contributed by atoms with Gasteiger partial charge in [0.15, 0.2) is 5.75 Å². The molecule has 4 heteroatoms. The van der Waals surface area contributed by atoms with Crippen LogP contribution in [-0.2, 0) is 6.61 Å². The lowest BCUT2D eigenvalue weighted by atomic mass is 10.2. The summed E-state index contributed by atoms with van der Waals surface area (Å²) in [6.45, 7) is 2.33. The van der Waals surface area contributed by atoms with Crippen LogP contribution in [0.1, 0.15) is 16.9 Å². The van der Waals surface area contributed by atoms with Gasteiger partial charge < -0.3 is 9.15 Å². The van der Waals surface area contributed by atoms with Crippen molar-refractivity contribution >= 4 is 11.0 Å². The number of aryl methyl sites for hydroxylation is 1. The molecule has 4 nitrogen and oxygen atoms in total. The highest BCUT2D eigenvalue weighted by molar-refractivity contribution is 5.86. The van der Waals surface area contributed by atoms with Crippen LogP contribution in [0.25, 0.3) is 11.0 Å². The lowest BCUT2D eigenvalue weighted by molar-refractivity contribution is 0.303. The zero-order chi connectivity index (χ0) is 13.9. The third-order valence-corrected chi connectivity index (χ3v) is 2.97. The van der Waals surface area contributed by atoms with Crippen LogP contribution in [0.5, 0.6) is 5.75 Å². The van der Waals surface area contributed by atoms with Crippen LogP contribution in [0.4, 0.5) is 0 Å². The molecule has 0 spiro atoms. The van der Waals surface area contributed by atoms with Crippen LogP contribution < -0.4 is 4.74 Å². The Bertz CT molecular complexity index is 800. The minimum absolute atomic E-state index is 0.201. The monoisotopic (exact) mass is 264 g/mol. The first kappa shape index (κ1) is 12.2. The first-order valence-corrected chi connectivity index (χ1v) is 6.23. The second-order valence-electron chi connectivity index (χ2n) is 4.53. The summed E-state index contributed by atoms with van der Waals surface area (Å²) in [5, 5.41) is 9.93. The molecule has 98 valence electrons. The van der Waals surface area contributed by atoms with Crippen LogP contribution in [0.2, 0.25) is 0 Å². The number of fused-ring (bicyclic) bond motifs is 1. The van der Waals surface area contributed by atoms with Gasteiger partial charge in [0.05, 0.1) is 5.39 Å². The number of ether oxygens (including phenoxy) is 1. The Morgan fingerprint density at radius 1 is 1.30 bits per heavy atom. The highest BCUT2D eigenvalue weighted by atomic mass is 16.5. The van der Waals surface area contributed by atoms with Crippen LogP contribution in [-0.4, -0.2) is 4.98 Å². The van der Waals surface area contributed by atoms with E-state index in [0.717, 1.165) is 16.5 Å². The van der Waals surface area contributed by atoms with Gasteiger partial charge in [0, 0.05) is 18.0 Å². The normalized spacial score (nSPS) is 10.4. The molecule has 0 fully saturated rings. The average molecular weight is 264 g/mol. The van der Waals surface area contributed by atoms with Crippen molar-refractivity contribution in [2.75, 3.05) is 0 Å². The van der Waals surface area contributed by atoms with Crippen LogP contribution >= 0.6 is 0 Å². The van der Waals surface area contributed by atoms with Gasteiger partial charge in [-0.15, -0.1) is 0 Å². The Morgan fingerprint density at radius 2 is 2.15 bits per heavy atom. The van der Waals surface area contributed by atoms with Crippen molar-refractivity contribution in [2.45, 2.75) is 13.5 Å². The van der Waals surface area contributed by atoms with E-state index in [-0.39, 0.29) is 5.76 Å². The number of pyridine rings is 1. The van der Waals surface area contributed by atoms with Crippen molar-refractivity contribution in [3.05, 3.63) is 59.6 Å². The summed E-state index contributed by atoms with van der Waals surface area (Å²) >= 11 is 0. The fourth-order valence-electron chi connectivity index (χ4n) is 2.09. The van der Waals surface area contributed by atoms with E-state index in [2.05, 4.69) is 4.98 Å². The summed E-state index contributed by atoms with van der Waals surface area (Å²) in [5.74, 6) is 0.691. The third-order valence-electron chi connectivity index (χ3n) is 2.97. The molecule has 2 heterocycles. The average Bonchev–Trinajstić information content (AvgIpc) is 2.83. The van der Waals surface area contributed by atoms with Crippen molar-refractivity contribution in [3.8, 4) is 11.8 Å². The summed E-state index contributed by atoms with van der Waals surface area (Å²) in [7, 11) is 0. The van der Waals surface area contributed by atoms with E-state index >= 15 is 0 Å². The van der Waals surface area contributed by atoms with Crippen LogP contribution in [0.15, 0.2) is 47.1 Å². The number of benzene rings is 1. The summed E-state index contributed by atoms with van der Waals surface area (Å²) in [4.78, 5) is 4.12. The molecular weight excluding hydrogens is 252 g/mol. The van der Waals surface area contributed by atoms with Gasteiger partial charge in [0.1, 0.15) is 18.3 Å². The standard InChI is InChI=1S/C16H12N2O2/c1-11-6-12(9-18-8-11)10-19-16-13-4-2-3-5-14(13)20-15(16)7-17/h2-6,8-9H,10H2,1H3. The highest BCUT2D eigenvalue weighted by Crippen LogP contribution is 2.32.